The topological polar surface area (TPSA) is 108 Å². The van der Waals surface area contributed by atoms with Crippen LogP contribution in [0.2, 0.25) is 0 Å². The van der Waals surface area contributed by atoms with Crippen molar-refractivity contribution in [1.82, 2.24) is 24.2 Å². The summed E-state index contributed by atoms with van der Waals surface area (Å²) >= 11 is 0. The third kappa shape index (κ3) is 5.09. The van der Waals surface area contributed by atoms with Gasteiger partial charge in [0.15, 0.2) is 0 Å². The first-order valence-corrected chi connectivity index (χ1v) is 12.0. The maximum absolute atomic E-state index is 12.7. The van der Waals surface area contributed by atoms with Gasteiger partial charge in [0.05, 0.1) is 18.1 Å². The van der Waals surface area contributed by atoms with E-state index in [9.17, 15) is 13.2 Å². The van der Waals surface area contributed by atoms with Gasteiger partial charge in [0.25, 0.3) is 5.91 Å². The van der Waals surface area contributed by atoms with Crippen LogP contribution < -0.4 is 5.32 Å². The Kier molecular flexibility index (Phi) is 6.15. The highest BCUT2D eigenvalue weighted by Gasteiger charge is 2.27. The number of carbonyl (C=O) groups is 1. The van der Waals surface area contributed by atoms with Gasteiger partial charge in [0, 0.05) is 44.1 Å². The third-order valence-electron chi connectivity index (χ3n) is 5.27. The zero-order valence-electron chi connectivity index (χ0n) is 17.9. The van der Waals surface area contributed by atoms with Gasteiger partial charge in [-0.15, -0.1) is 0 Å². The normalized spacial score (nSPS) is 14.9. The number of amides is 1. The van der Waals surface area contributed by atoms with Crippen molar-refractivity contribution in [3.63, 3.8) is 0 Å². The first-order valence-electron chi connectivity index (χ1n) is 10.2. The van der Waals surface area contributed by atoms with E-state index in [4.69, 9.17) is 0 Å². The molecule has 32 heavy (non-hydrogen) atoms. The van der Waals surface area contributed by atoms with Crippen molar-refractivity contribution in [2.24, 2.45) is 0 Å². The quantitative estimate of drug-likeness (QED) is 0.633. The van der Waals surface area contributed by atoms with Crippen LogP contribution in [0.1, 0.15) is 16.1 Å². The van der Waals surface area contributed by atoms with E-state index in [1.54, 1.807) is 35.6 Å². The summed E-state index contributed by atoms with van der Waals surface area (Å²) in [5.74, 6) is 0.210. The number of aryl methyl sites for hydroxylation is 1. The number of benzene rings is 1. The minimum atomic E-state index is -3.24. The summed E-state index contributed by atoms with van der Waals surface area (Å²) in [6.07, 6.45) is 6.23. The van der Waals surface area contributed by atoms with Gasteiger partial charge in [0.2, 0.25) is 16.0 Å². The van der Waals surface area contributed by atoms with Crippen LogP contribution in [-0.2, 0) is 10.0 Å². The number of hydrogen-bond donors (Lipinski definition) is 1. The van der Waals surface area contributed by atoms with Gasteiger partial charge < -0.3 is 10.2 Å². The van der Waals surface area contributed by atoms with E-state index in [0.717, 1.165) is 11.1 Å². The maximum Gasteiger partial charge on any atom is 0.272 e. The fourth-order valence-corrected chi connectivity index (χ4v) is 4.22. The summed E-state index contributed by atoms with van der Waals surface area (Å²) in [5, 5.41) is 3.08. The molecule has 0 unspecified atom stereocenters. The number of aromatic nitrogens is 3. The molecule has 0 spiro atoms. The lowest BCUT2D eigenvalue weighted by Crippen LogP contribution is -2.50. The molecule has 2 aromatic heterocycles. The van der Waals surface area contributed by atoms with E-state index in [-0.39, 0.29) is 5.91 Å². The van der Waals surface area contributed by atoms with Crippen molar-refractivity contribution in [2.45, 2.75) is 6.92 Å². The fourth-order valence-electron chi connectivity index (χ4n) is 3.40. The molecule has 1 N–H and O–H groups in total. The number of pyridine rings is 1. The summed E-state index contributed by atoms with van der Waals surface area (Å²) in [5.41, 5.74) is 4.12. The van der Waals surface area contributed by atoms with E-state index in [1.807, 2.05) is 31.2 Å². The minimum absolute atomic E-state index is 0.219. The molecule has 1 fully saturated rings. The van der Waals surface area contributed by atoms with Gasteiger partial charge in [-0.2, -0.15) is 4.31 Å². The maximum atomic E-state index is 12.7. The summed E-state index contributed by atoms with van der Waals surface area (Å²) in [7, 11) is -3.24. The summed E-state index contributed by atoms with van der Waals surface area (Å²) in [4.78, 5) is 27.2. The van der Waals surface area contributed by atoms with Crippen molar-refractivity contribution in [3.8, 4) is 11.1 Å². The second-order valence-electron chi connectivity index (χ2n) is 7.67. The molecule has 4 rings (SSSR count). The Balaban J connectivity index is 1.36. The second kappa shape index (κ2) is 9.01. The lowest BCUT2D eigenvalue weighted by molar-refractivity contribution is 0.0692. The number of piperazine rings is 1. The van der Waals surface area contributed by atoms with E-state index in [2.05, 4.69) is 20.3 Å². The molecular formula is C22H24N6O3S. The molecule has 3 heterocycles. The van der Waals surface area contributed by atoms with Crippen molar-refractivity contribution in [1.29, 1.82) is 0 Å². The van der Waals surface area contributed by atoms with Gasteiger partial charge >= 0.3 is 0 Å². The Labute approximate surface area is 187 Å². The third-order valence-corrected chi connectivity index (χ3v) is 6.57. The molecule has 0 bridgehead atoms. The molecule has 0 saturated carbocycles. The zero-order valence-corrected chi connectivity index (χ0v) is 18.7. The number of carbonyl (C=O) groups excluding carboxylic acids is 1. The number of nitrogens with one attached hydrogen (secondary N) is 1. The molecule has 166 valence electrons. The SMILES string of the molecule is Cc1ccc(-c2cnc(Nc3ccc(C(=O)N4CCN(S(C)(=O)=O)CC4)nc3)nc2)cc1. The number of nitrogens with zero attached hydrogens (tertiary/aromatic N) is 5. The van der Waals surface area contributed by atoms with Crippen LogP contribution in [0.5, 0.6) is 0 Å². The molecule has 0 radical (unpaired) electrons. The van der Waals surface area contributed by atoms with E-state index in [0.29, 0.717) is 43.5 Å². The average molecular weight is 453 g/mol. The number of hydrogen-bond acceptors (Lipinski definition) is 7. The van der Waals surface area contributed by atoms with Crippen molar-refractivity contribution in [3.05, 3.63) is 66.2 Å². The van der Waals surface area contributed by atoms with Gasteiger partial charge in [-0.1, -0.05) is 29.8 Å². The molecule has 1 amide bonds. The van der Waals surface area contributed by atoms with Crippen LogP contribution in [0.25, 0.3) is 11.1 Å². The van der Waals surface area contributed by atoms with E-state index >= 15 is 0 Å². The van der Waals surface area contributed by atoms with Crippen molar-refractivity contribution < 1.29 is 13.2 Å². The Morgan fingerprint density at radius 2 is 1.53 bits per heavy atom. The zero-order chi connectivity index (χ0) is 22.7. The Hall–Kier alpha value is -3.37. The molecular weight excluding hydrogens is 428 g/mol. The molecule has 1 aromatic carbocycles. The van der Waals surface area contributed by atoms with Crippen LogP contribution >= 0.6 is 0 Å². The molecule has 0 aliphatic carbocycles. The number of sulfonamides is 1. The highest BCUT2D eigenvalue weighted by molar-refractivity contribution is 7.88. The first-order chi connectivity index (χ1) is 15.3. The number of rotatable bonds is 5. The monoisotopic (exact) mass is 452 g/mol. The van der Waals surface area contributed by atoms with E-state index < -0.39 is 10.0 Å². The fraction of sp³-hybridized carbons (Fsp3) is 0.273. The number of anilines is 2. The minimum Gasteiger partial charge on any atom is -0.335 e. The molecule has 0 atom stereocenters. The molecule has 3 aromatic rings. The van der Waals surface area contributed by atoms with Gasteiger partial charge in [-0.3, -0.25) is 4.79 Å². The van der Waals surface area contributed by atoms with Crippen molar-refractivity contribution >= 4 is 27.6 Å². The summed E-state index contributed by atoms with van der Waals surface area (Å²) in [6.45, 7) is 3.31. The highest BCUT2D eigenvalue weighted by atomic mass is 32.2. The molecule has 10 heteroatoms. The molecule has 1 aliphatic heterocycles. The van der Waals surface area contributed by atoms with Gasteiger partial charge in [-0.25, -0.2) is 23.4 Å². The summed E-state index contributed by atoms with van der Waals surface area (Å²) in [6, 6.07) is 11.5. The van der Waals surface area contributed by atoms with Crippen molar-refractivity contribution in [2.75, 3.05) is 37.8 Å². The first kappa shape index (κ1) is 21.8. The standard InChI is InChI=1S/C22H24N6O3S/c1-16-3-5-17(6-4-16)18-13-24-22(25-14-18)26-19-7-8-20(23-15-19)21(29)27-9-11-28(12-10-27)32(2,30)31/h3-8,13-15H,9-12H2,1-2H3,(H,24,25,26). The molecule has 1 saturated heterocycles. The lowest BCUT2D eigenvalue weighted by atomic mass is 10.1. The predicted molar refractivity (Wildman–Crippen MR) is 122 cm³/mol. The van der Waals surface area contributed by atoms with Crippen LogP contribution in [-0.4, -0.2) is 70.9 Å². The van der Waals surface area contributed by atoms with Crippen LogP contribution in [0, 0.1) is 6.92 Å². The smallest absolute Gasteiger partial charge is 0.272 e. The highest BCUT2D eigenvalue weighted by Crippen LogP contribution is 2.20. The van der Waals surface area contributed by atoms with Crippen LogP contribution in [0.15, 0.2) is 55.0 Å². The van der Waals surface area contributed by atoms with E-state index in [1.165, 1.54) is 16.1 Å². The van der Waals surface area contributed by atoms with Gasteiger partial charge in [0.1, 0.15) is 5.69 Å². The second-order valence-corrected chi connectivity index (χ2v) is 9.66. The Bertz CT molecular complexity index is 1190. The lowest BCUT2D eigenvalue weighted by Gasteiger charge is -2.33. The average Bonchev–Trinajstić information content (AvgIpc) is 2.80. The van der Waals surface area contributed by atoms with Crippen LogP contribution in [0.3, 0.4) is 0 Å². The van der Waals surface area contributed by atoms with Crippen LogP contribution in [0.4, 0.5) is 11.6 Å². The predicted octanol–water partition coefficient (Wildman–Crippen LogP) is 2.31. The van der Waals surface area contributed by atoms with Gasteiger partial charge in [-0.05, 0) is 24.6 Å². The Morgan fingerprint density at radius 1 is 0.875 bits per heavy atom. The summed E-state index contributed by atoms with van der Waals surface area (Å²) < 4.78 is 24.6. The Morgan fingerprint density at radius 3 is 2.09 bits per heavy atom. The molecule has 9 nitrogen and oxygen atoms in total. The molecule has 1 aliphatic rings. The largest absolute Gasteiger partial charge is 0.335 e.